The summed E-state index contributed by atoms with van der Waals surface area (Å²) < 4.78 is 0. The van der Waals surface area contributed by atoms with E-state index >= 15 is 0 Å². The van der Waals surface area contributed by atoms with Crippen LogP contribution in [0.4, 0.5) is 11.4 Å². The number of nitrogens with two attached hydrogens (primary N) is 1. The van der Waals surface area contributed by atoms with Gasteiger partial charge in [0.2, 0.25) is 0 Å². The van der Waals surface area contributed by atoms with Gasteiger partial charge in [-0.25, -0.2) is 4.98 Å². The maximum Gasteiger partial charge on any atom is 0.0898 e. The fourth-order valence-corrected chi connectivity index (χ4v) is 2.40. The summed E-state index contributed by atoms with van der Waals surface area (Å²) in [5.74, 6) is 0. The van der Waals surface area contributed by atoms with E-state index in [1.165, 1.54) is 5.56 Å². The van der Waals surface area contributed by atoms with Gasteiger partial charge < -0.3 is 10.6 Å². The van der Waals surface area contributed by atoms with Gasteiger partial charge in [0.25, 0.3) is 0 Å². The molecule has 0 aliphatic rings. The number of nitrogen functional groups attached to an aromatic ring is 1. The maximum absolute atomic E-state index is 5.99. The second-order valence-corrected chi connectivity index (χ2v) is 5.34. The molecule has 0 aliphatic heterocycles. The molecule has 0 spiro atoms. The van der Waals surface area contributed by atoms with Crippen molar-refractivity contribution in [2.75, 3.05) is 17.7 Å². The number of hydrogen-bond acceptors (Lipinski definition) is 4. The van der Waals surface area contributed by atoms with Crippen molar-refractivity contribution >= 4 is 22.7 Å². The van der Waals surface area contributed by atoms with E-state index in [0.29, 0.717) is 0 Å². The van der Waals surface area contributed by atoms with Gasteiger partial charge in [-0.05, 0) is 31.5 Å². The van der Waals surface area contributed by atoms with Gasteiger partial charge in [0, 0.05) is 12.4 Å². The van der Waals surface area contributed by atoms with E-state index in [9.17, 15) is 0 Å². The fraction of sp³-hybridized carbons (Fsp3) is 0.308. The van der Waals surface area contributed by atoms with E-state index in [4.69, 9.17) is 5.73 Å². The molecule has 2 aromatic rings. The van der Waals surface area contributed by atoms with Crippen LogP contribution in [-0.2, 0) is 6.54 Å². The minimum Gasteiger partial charge on any atom is -0.397 e. The predicted molar refractivity (Wildman–Crippen MR) is 74.5 cm³/mol. The molecule has 0 saturated carbocycles. The molecule has 17 heavy (non-hydrogen) atoms. The van der Waals surface area contributed by atoms with Crippen LogP contribution in [0.1, 0.15) is 16.3 Å². The molecule has 0 atom stereocenters. The number of hydrogen-bond donors (Lipinski definition) is 1. The summed E-state index contributed by atoms with van der Waals surface area (Å²) in [5, 5.41) is 3.20. The fourth-order valence-electron chi connectivity index (χ4n) is 1.79. The normalized spacial score (nSPS) is 10.5. The van der Waals surface area contributed by atoms with Crippen molar-refractivity contribution in [1.29, 1.82) is 0 Å². The van der Waals surface area contributed by atoms with Crippen LogP contribution in [0.15, 0.2) is 23.6 Å². The lowest BCUT2D eigenvalue weighted by Crippen LogP contribution is -2.18. The van der Waals surface area contributed by atoms with Crippen molar-refractivity contribution in [3.63, 3.8) is 0 Å². The standard InChI is InChI=1S/C13H17N3S/c1-9-4-5-12(14)13(6-9)16(3)7-11-8-17-10(2)15-11/h4-6,8H,7,14H2,1-3H3. The quantitative estimate of drug-likeness (QED) is 0.848. The van der Waals surface area contributed by atoms with E-state index in [1.54, 1.807) is 11.3 Å². The highest BCUT2D eigenvalue weighted by atomic mass is 32.1. The first kappa shape index (κ1) is 11.9. The Morgan fingerprint density at radius 3 is 2.76 bits per heavy atom. The van der Waals surface area contributed by atoms with Crippen LogP contribution >= 0.6 is 11.3 Å². The van der Waals surface area contributed by atoms with Crippen molar-refractivity contribution in [2.45, 2.75) is 20.4 Å². The van der Waals surface area contributed by atoms with Crippen LogP contribution in [-0.4, -0.2) is 12.0 Å². The first-order valence-corrected chi connectivity index (χ1v) is 6.42. The Kier molecular flexibility index (Phi) is 3.33. The number of benzene rings is 1. The number of aromatic nitrogens is 1. The first-order valence-electron chi connectivity index (χ1n) is 5.54. The Labute approximate surface area is 106 Å². The van der Waals surface area contributed by atoms with Crippen LogP contribution in [0.5, 0.6) is 0 Å². The predicted octanol–water partition coefficient (Wildman–Crippen LogP) is 2.98. The molecule has 1 heterocycles. The summed E-state index contributed by atoms with van der Waals surface area (Å²) in [6.07, 6.45) is 0. The molecule has 2 N–H and O–H groups in total. The van der Waals surface area contributed by atoms with Crippen molar-refractivity contribution in [2.24, 2.45) is 0 Å². The van der Waals surface area contributed by atoms with Crippen molar-refractivity contribution < 1.29 is 0 Å². The molecular formula is C13H17N3S. The average Bonchev–Trinajstić information content (AvgIpc) is 2.67. The molecule has 0 aliphatic carbocycles. The summed E-state index contributed by atoms with van der Waals surface area (Å²) >= 11 is 1.68. The molecule has 4 heteroatoms. The second-order valence-electron chi connectivity index (χ2n) is 4.28. The number of rotatable bonds is 3. The Balaban J connectivity index is 2.19. The third-order valence-corrected chi connectivity index (χ3v) is 3.49. The van der Waals surface area contributed by atoms with Gasteiger partial charge in [0.15, 0.2) is 0 Å². The van der Waals surface area contributed by atoms with E-state index in [-0.39, 0.29) is 0 Å². The number of anilines is 2. The molecule has 1 aromatic carbocycles. The summed E-state index contributed by atoms with van der Waals surface area (Å²) in [6, 6.07) is 6.09. The number of nitrogens with zero attached hydrogens (tertiary/aromatic N) is 2. The van der Waals surface area contributed by atoms with E-state index in [2.05, 4.69) is 28.3 Å². The summed E-state index contributed by atoms with van der Waals surface area (Å²) in [7, 11) is 2.04. The zero-order valence-corrected chi connectivity index (χ0v) is 11.2. The summed E-state index contributed by atoms with van der Waals surface area (Å²) in [5.41, 5.74) is 10.2. The third kappa shape index (κ3) is 2.77. The lowest BCUT2D eigenvalue weighted by molar-refractivity contribution is 0.891. The Morgan fingerprint density at radius 2 is 2.12 bits per heavy atom. The molecule has 90 valence electrons. The maximum atomic E-state index is 5.99. The third-order valence-electron chi connectivity index (χ3n) is 2.66. The molecule has 0 amide bonds. The van der Waals surface area contributed by atoms with Gasteiger partial charge in [0.1, 0.15) is 0 Å². The average molecular weight is 247 g/mol. The highest BCUT2D eigenvalue weighted by Crippen LogP contribution is 2.24. The van der Waals surface area contributed by atoms with Gasteiger partial charge >= 0.3 is 0 Å². The minimum atomic E-state index is 0.790. The lowest BCUT2D eigenvalue weighted by atomic mass is 10.2. The van der Waals surface area contributed by atoms with E-state index in [0.717, 1.165) is 28.6 Å². The molecule has 0 bridgehead atoms. The molecule has 0 saturated heterocycles. The van der Waals surface area contributed by atoms with Crippen LogP contribution < -0.4 is 10.6 Å². The molecular weight excluding hydrogens is 230 g/mol. The van der Waals surface area contributed by atoms with Crippen LogP contribution in [0.3, 0.4) is 0 Å². The first-order chi connectivity index (χ1) is 8.06. The van der Waals surface area contributed by atoms with Gasteiger partial charge in [-0.2, -0.15) is 0 Å². The summed E-state index contributed by atoms with van der Waals surface area (Å²) in [4.78, 5) is 6.60. The Bertz CT molecular complexity index is 519. The molecule has 2 rings (SSSR count). The van der Waals surface area contributed by atoms with Crippen molar-refractivity contribution in [1.82, 2.24) is 4.98 Å². The molecule has 3 nitrogen and oxygen atoms in total. The highest BCUT2D eigenvalue weighted by Gasteiger charge is 2.08. The lowest BCUT2D eigenvalue weighted by Gasteiger charge is -2.20. The van der Waals surface area contributed by atoms with E-state index < -0.39 is 0 Å². The van der Waals surface area contributed by atoms with Crippen molar-refractivity contribution in [3.05, 3.63) is 39.8 Å². The molecule has 1 aromatic heterocycles. The van der Waals surface area contributed by atoms with Gasteiger partial charge in [0.05, 0.1) is 28.6 Å². The zero-order chi connectivity index (χ0) is 12.4. The smallest absolute Gasteiger partial charge is 0.0898 e. The van der Waals surface area contributed by atoms with Gasteiger partial charge in [-0.1, -0.05) is 6.07 Å². The van der Waals surface area contributed by atoms with Gasteiger partial charge in [-0.15, -0.1) is 11.3 Å². The van der Waals surface area contributed by atoms with Crippen molar-refractivity contribution in [3.8, 4) is 0 Å². The zero-order valence-electron chi connectivity index (χ0n) is 10.4. The van der Waals surface area contributed by atoms with Crippen LogP contribution in [0, 0.1) is 13.8 Å². The molecule has 0 fully saturated rings. The monoisotopic (exact) mass is 247 g/mol. The van der Waals surface area contributed by atoms with Crippen LogP contribution in [0.25, 0.3) is 0 Å². The topological polar surface area (TPSA) is 42.1 Å². The second kappa shape index (κ2) is 4.75. The largest absolute Gasteiger partial charge is 0.397 e. The minimum absolute atomic E-state index is 0.790. The summed E-state index contributed by atoms with van der Waals surface area (Å²) in [6.45, 7) is 4.89. The molecule has 0 unspecified atom stereocenters. The van der Waals surface area contributed by atoms with Crippen LogP contribution in [0.2, 0.25) is 0 Å². The van der Waals surface area contributed by atoms with E-state index in [1.807, 2.05) is 26.1 Å². The highest BCUT2D eigenvalue weighted by molar-refractivity contribution is 7.09. The van der Waals surface area contributed by atoms with Gasteiger partial charge in [-0.3, -0.25) is 0 Å². The molecule has 0 radical (unpaired) electrons. The Hall–Kier alpha value is -1.55. The number of thiazole rings is 1. The SMILES string of the molecule is Cc1ccc(N)c(N(C)Cc2csc(C)n2)c1. The number of aryl methyl sites for hydroxylation is 2. The Morgan fingerprint density at radius 1 is 1.35 bits per heavy atom.